The number of hydrogen-bond donors (Lipinski definition) is 3. The second-order valence-corrected chi connectivity index (χ2v) is 7.65. The van der Waals surface area contributed by atoms with E-state index in [0.717, 1.165) is 24.8 Å². The SMILES string of the molecule is CCC(C)(C)c1ccc(CNC(=O)C(NC(=O)C2CC2)C(C)O)cc1. The molecule has 2 amide bonds. The molecule has 1 aromatic rings. The smallest absolute Gasteiger partial charge is 0.245 e. The fraction of sp³-hybridized carbons (Fsp3) is 0.600. The molecule has 0 aliphatic heterocycles. The molecule has 0 bridgehead atoms. The van der Waals surface area contributed by atoms with Crippen molar-refractivity contribution in [2.45, 2.75) is 71.1 Å². The third kappa shape index (κ3) is 5.30. The molecule has 2 rings (SSSR count). The van der Waals surface area contributed by atoms with Gasteiger partial charge >= 0.3 is 0 Å². The van der Waals surface area contributed by atoms with E-state index < -0.39 is 12.1 Å². The predicted molar refractivity (Wildman–Crippen MR) is 97.9 cm³/mol. The van der Waals surface area contributed by atoms with Crippen molar-refractivity contribution in [3.05, 3.63) is 35.4 Å². The maximum atomic E-state index is 12.3. The summed E-state index contributed by atoms with van der Waals surface area (Å²) < 4.78 is 0. The van der Waals surface area contributed by atoms with E-state index in [1.54, 1.807) is 0 Å². The summed E-state index contributed by atoms with van der Waals surface area (Å²) in [6, 6.07) is 7.28. The van der Waals surface area contributed by atoms with Crippen molar-refractivity contribution in [3.63, 3.8) is 0 Å². The van der Waals surface area contributed by atoms with Crippen LogP contribution in [-0.2, 0) is 21.5 Å². The molecule has 3 N–H and O–H groups in total. The number of nitrogens with one attached hydrogen (secondary N) is 2. The minimum absolute atomic E-state index is 0.00325. The molecule has 0 heterocycles. The Morgan fingerprint density at radius 2 is 1.84 bits per heavy atom. The van der Waals surface area contributed by atoms with E-state index in [0.29, 0.717) is 6.54 Å². The maximum Gasteiger partial charge on any atom is 0.245 e. The fourth-order valence-corrected chi connectivity index (χ4v) is 2.60. The predicted octanol–water partition coefficient (Wildman–Crippen LogP) is 2.27. The van der Waals surface area contributed by atoms with E-state index in [4.69, 9.17) is 0 Å². The summed E-state index contributed by atoms with van der Waals surface area (Å²) in [7, 11) is 0. The molecule has 1 saturated carbocycles. The number of hydrogen-bond acceptors (Lipinski definition) is 3. The zero-order chi connectivity index (χ0) is 18.6. The molecule has 1 fully saturated rings. The van der Waals surface area contributed by atoms with Crippen LogP contribution in [0.5, 0.6) is 0 Å². The fourth-order valence-electron chi connectivity index (χ4n) is 2.60. The number of rotatable bonds is 8. The first-order valence-corrected chi connectivity index (χ1v) is 9.10. The first-order chi connectivity index (χ1) is 11.7. The highest BCUT2D eigenvalue weighted by Gasteiger charge is 2.34. The lowest BCUT2D eigenvalue weighted by molar-refractivity contribution is -0.132. The average Bonchev–Trinajstić information content (AvgIpc) is 3.42. The number of aliphatic hydroxyl groups is 1. The van der Waals surface area contributed by atoms with Gasteiger partial charge in [-0.3, -0.25) is 9.59 Å². The van der Waals surface area contributed by atoms with Crippen molar-refractivity contribution in [1.29, 1.82) is 0 Å². The molecular formula is C20H30N2O3. The summed E-state index contributed by atoms with van der Waals surface area (Å²) >= 11 is 0. The number of amides is 2. The van der Waals surface area contributed by atoms with E-state index in [-0.39, 0.29) is 23.1 Å². The van der Waals surface area contributed by atoms with Crippen LogP contribution >= 0.6 is 0 Å². The van der Waals surface area contributed by atoms with E-state index in [2.05, 4.69) is 43.5 Å². The maximum absolute atomic E-state index is 12.3. The highest BCUT2D eigenvalue weighted by atomic mass is 16.3. The summed E-state index contributed by atoms with van der Waals surface area (Å²) in [6.45, 7) is 8.46. The zero-order valence-electron chi connectivity index (χ0n) is 15.6. The van der Waals surface area contributed by atoms with E-state index in [1.807, 2.05) is 12.1 Å². The molecule has 2 unspecified atom stereocenters. The molecule has 138 valence electrons. The number of carbonyl (C=O) groups is 2. The van der Waals surface area contributed by atoms with Crippen LogP contribution in [0.1, 0.15) is 58.1 Å². The average molecular weight is 346 g/mol. The topological polar surface area (TPSA) is 78.4 Å². The second-order valence-electron chi connectivity index (χ2n) is 7.65. The summed E-state index contributed by atoms with van der Waals surface area (Å²) in [5.41, 5.74) is 2.39. The number of benzene rings is 1. The molecule has 5 heteroatoms. The third-order valence-electron chi connectivity index (χ3n) is 5.10. The monoisotopic (exact) mass is 346 g/mol. The van der Waals surface area contributed by atoms with Gasteiger partial charge in [-0.05, 0) is 42.7 Å². The van der Waals surface area contributed by atoms with Crippen LogP contribution in [-0.4, -0.2) is 29.1 Å². The summed E-state index contributed by atoms with van der Waals surface area (Å²) in [6.07, 6.45) is 1.84. The Hall–Kier alpha value is -1.88. The van der Waals surface area contributed by atoms with Crippen molar-refractivity contribution in [2.24, 2.45) is 5.92 Å². The molecule has 0 aromatic heterocycles. The van der Waals surface area contributed by atoms with Gasteiger partial charge in [0.25, 0.3) is 0 Å². The normalized spacial score (nSPS) is 16.8. The first-order valence-electron chi connectivity index (χ1n) is 9.10. The van der Waals surface area contributed by atoms with Gasteiger partial charge in [0, 0.05) is 12.5 Å². The van der Waals surface area contributed by atoms with Crippen LogP contribution < -0.4 is 10.6 Å². The van der Waals surface area contributed by atoms with Gasteiger partial charge in [-0.15, -0.1) is 0 Å². The summed E-state index contributed by atoms with van der Waals surface area (Å²) in [5.74, 6) is -0.502. The van der Waals surface area contributed by atoms with Crippen LogP contribution in [0.3, 0.4) is 0 Å². The Bertz CT molecular complexity index is 604. The molecule has 0 saturated heterocycles. The molecule has 1 aliphatic carbocycles. The minimum Gasteiger partial charge on any atom is -0.391 e. The highest BCUT2D eigenvalue weighted by Crippen LogP contribution is 2.29. The van der Waals surface area contributed by atoms with Crippen molar-refractivity contribution in [3.8, 4) is 0 Å². The van der Waals surface area contributed by atoms with Gasteiger partial charge in [0.1, 0.15) is 6.04 Å². The molecular weight excluding hydrogens is 316 g/mol. The van der Waals surface area contributed by atoms with Gasteiger partial charge in [-0.25, -0.2) is 0 Å². The van der Waals surface area contributed by atoms with Gasteiger partial charge < -0.3 is 15.7 Å². The van der Waals surface area contributed by atoms with Gasteiger partial charge in [0.2, 0.25) is 11.8 Å². The molecule has 0 spiro atoms. The molecule has 2 atom stereocenters. The van der Waals surface area contributed by atoms with Crippen LogP contribution in [0.15, 0.2) is 24.3 Å². The van der Waals surface area contributed by atoms with Gasteiger partial charge in [0.15, 0.2) is 0 Å². The van der Waals surface area contributed by atoms with Crippen molar-refractivity contribution in [1.82, 2.24) is 10.6 Å². The van der Waals surface area contributed by atoms with Crippen LogP contribution in [0, 0.1) is 5.92 Å². The third-order valence-corrected chi connectivity index (χ3v) is 5.10. The Kier molecular flexibility index (Phi) is 6.22. The lowest BCUT2D eigenvalue weighted by Crippen LogP contribution is -2.52. The quantitative estimate of drug-likeness (QED) is 0.676. The highest BCUT2D eigenvalue weighted by molar-refractivity contribution is 5.89. The van der Waals surface area contributed by atoms with E-state index in [1.165, 1.54) is 12.5 Å². The Morgan fingerprint density at radius 1 is 1.24 bits per heavy atom. The van der Waals surface area contributed by atoms with Gasteiger partial charge in [-0.2, -0.15) is 0 Å². The van der Waals surface area contributed by atoms with Crippen molar-refractivity contribution >= 4 is 11.8 Å². The summed E-state index contributed by atoms with van der Waals surface area (Å²) in [4.78, 5) is 24.2. The first kappa shape index (κ1) is 19.4. The molecule has 25 heavy (non-hydrogen) atoms. The number of carbonyl (C=O) groups excluding carboxylic acids is 2. The Labute approximate surface area is 150 Å². The van der Waals surface area contributed by atoms with Crippen molar-refractivity contribution in [2.75, 3.05) is 0 Å². The van der Waals surface area contributed by atoms with Crippen LogP contribution in [0.25, 0.3) is 0 Å². The molecule has 0 radical (unpaired) electrons. The minimum atomic E-state index is -0.935. The molecule has 1 aromatic carbocycles. The lowest BCUT2D eigenvalue weighted by Gasteiger charge is -2.23. The standard InChI is InChI=1S/C20H30N2O3/c1-5-20(3,4)16-10-6-14(7-11-16)12-21-19(25)17(13(2)23)22-18(24)15-8-9-15/h6-7,10-11,13,15,17,23H,5,8-9,12H2,1-4H3,(H,21,25)(H,22,24). The van der Waals surface area contributed by atoms with Gasteiger partial charge in [-0.1, -0.05) is 45.0 Å². The van der Waals surface area contributed by atoms with E-state index >= 15 is 0 Å². The van der Waals surface area contributed by atoms with Gasteiger partial charge in [0.05, 0.1) is 6.10 Å². The number of aliphatic hydroxyl groups excluding tert-OH is 1. The van der Waals surface area contributed by atoms with Crippen molar-refractivity contribution < 1.29 is 14.7 Å². The summed E-state index contributed by atoms with van der Waals surface area (Å²) in [5, 5.41) is 15.3. The van der Waals surface area contributed by atoms with E-state index in [9.17, 15) is 14.7 Å². The molecule has 5 nitrogen and oxygen atoms in total. The lowest BCUT2D eigenvalue weighted by atomic mass is 9.82. The van der Waals surface area contributed by atoms with Crippen LogP contribution in [0.2, 0.25) is 0 Å². The zero-order valence-corrected chi connectivity index (χ0v) is 15.6. The van der Waals surface area contributed by atoms with Crippen LogP contribution in [0.4, 0.5) is 0 Å². The Morgan fingerprint density at radius 3 is 2.32 bits per heavy atom. The Balaban J connectivity index is 1.91. The second kappa shape index (κ2) is 8.00. The largest absolute Gasteiger partial charge is 0.391 e. The molecule has 1 aliphatic rings.